The molecule has 0 aromatic carbocycles. The summed E-state index contributed by atoms with van der Waals surface area (Å²) in [5.74, 6) is -0.694. The lowest BCUT2D eigenvalue weighted by Gasteiger charge is -2.03. The van der Waals surface area contributed by atoms with Crippen LogP contribution in [0.5, 0.6) is 0 Å². The molecule has 4 heteroatoms. The fourth-order valence-corrected chi connectivity index (χ4v) is 0.539. The molecule has 0 aromatic rings. The van der Waals surface area contributed by atoms with Gasteiger partial charge in [-0.1, -0.05) is 13.8 Å². The molecule has 0 aliphatic carbocycles. The lowest BCUT2D eigenvalue weighted by molar-refractivity contribution is -0.166. The first-order chi connectivity index (χ1) is 5.70. The molecule has 0 fully saturated rings. The lowest BCUT2D eigenvalue weighted by atomic mass is 10.3. The molecule has 0 atom stereocenters. The summed E-state index contributed by atoms with van der Waals surface area (Å²) >= 11 is 0. The van der Waals surface area contributed by atoms with E-state index in [4.69, 9.17) is 0 Å². The Morgan fingerprint density at radius 1 is 1.08 bits per heavy atom. The molecular weight excluding hydrogens is 160 g/mol. The summed E-state index contributed by atoms with van der Waals surface area (Å²) in [5, 5.41) is 0. The van der Waals surface area contributed by atoms with Crippen LogP contribution in [-0.2, 0) is 19.1 Å². The normalized spacial score (nSPS) is 9.17. The largest absolute Gasteiger partial charge is 0.428 e. The maximum Gasteiger partial charge on any atom is 0.308 e. The minimum atomic E-state index is -0.362. The third-order valence-corrected chi connectivity index (χ3v) is 1.18. The minimum Gasteiger partial charge on any atom is -0.428 e. The first-order valence-electron chi connectivity index (χ1n) is 4.02. The second-order valence-electron chi connectivity index (χ2n) is 2.25. The highest BCUT2D eigenvalue weighted by Gasteiger charge is 2.02. The van der Waals surface area contributed by atoms with Gasteiger partial charge in [-0.25, -0.2) is 0 Å². The molecule has 0 N–H and O–H groups in total. The Kier molecular flexibility index (Phi) is 6.05. The molecule has 0 rings (SSSR count). The monoisotopic (exact) mass is 174 g/mol. The molecule has 0 heterocycles. The number of esters is 2. The van der Waals surface area contributed by atoms with E-state index in [1.54, 1.807) is 6.92 Å². The predicted molar refractivity (Wildman–Crippen MR) is 42.3 cm³/mol. The van der Waals surface area contributed by atoms with E-state index in [1.807, 2.05) is 6.92 Å². The number of hydrogen-bond donors (Lipinski definition) is 0. The zero-order valence-electron chi connectivity index (χ0n) is 7.46. The van der Waals surface area contributed by atoms with Gasteiger partial charge in [0, 0.05) is 12.8 Å². The number of carbonyl (C=O) groups is 2. The van der Waals surface area contributed by atoms with Gasteiger partial charge >= 0.3 is 11.9 Å². The summed E-state index contributed by atoms with van der Waals surface area (Å²) in [6, 6.07) is 0. The topological polar surface area (TPSA) is 52.6 Å². The summed E-state index contributed by atoms with van der Waals surface area (Å²) < 4.78 is 9.10. The van der Waals surface area contributed by atoms with Gasteiger partial charge < -0.3 is 9.47 Å². The van der Waals surface area contributed by atoms with Crippen LogP contribution in [0.2, 0.25) is 0 Å². The van der Waals surface area contributed by atoms with Gasteiger partial charge in [0.2, 0.25) is 6.79 Å². The van der Waals surface area contributed by atoms with Crippen LogP contribution in [0.25, 0.3) is 0 Å². The van der Waals surface area contributed by atoms with Crippen molar-refractivity contribution in [2.45, 2.75) is 33.1 Å². The van der Waals surface area contributed by atoms with Gasteiger partial charge in [-0.05, 0) is 6.42 Å². The lowest BCUT2D eigenvalue weighted by Crippen LogP contribution is -2.11. The van der Waals surface area contributed by atoms with Crippen LogP contribution in [0.4, 0.5) is 0 Å². The third-order valence-electron chi connectivity index (χ3n) is 1.18. The molecule has 0 aliphatic rings. The van der Waals surface area contributed by atoms with Gasteiger partial charge in [0.1, 0.15) is 0 Å². The zero-order chi connectivity index (χ0) is 9.40. The van der Waals surface area contributed by atoms with Crippen LogP contribution in [0.15, 0.2) is 0 Å². The molecule has 4 nitrogen and oxygen atoms in total. The van der Waals surface area contributed by atoms with E-state index < -0.39 is 0 Å². The van der Waals surface area contributed by atoms with Gasteiger partial charge in [-0.15, -0.1) is 0 Å². The van der Waals surface area contributed by atoms with Crippen molar-refractivity contribution in [1.29, 1.82) is 0 Å². The van der Waals surface area contributed by atoms with Crippen LogP contribution in [0, 0.1) is 0 Å². The smallest absolute Gasteiger partial charge is 0.308 e. The Morgan fingerprint density at radius 3 is 2.17 bits per heavy atom. The standard InChI is InChI=1S/C8H14O4/c1-3-5-8(10)12-6-11-7(9)4-2/h3-6H2,1-2H3. The molecule has 0 radical (unpaired) electrons. The average molecular weight is 174 g/mol. The predicted octanol–water partition coefficient (Wildman–Crippen LogP) is 1.24. The zero-order valence-corrected chi connectivity index (χ0v) is 7.46. The molecule has 70 valence electrons. The fraction of sp³-hybridized carbons (Fsp3) is 0.750. The van der Waals surface area contributed by atoms with Crippen molar-refractivity contribution >= 4 is 11.9 Å². The van der Waals surface area contributed by atoms with E-state index in [9.17, 15) is 9.59 Å². The molecule has 0 spiro atoms. The van der Waals surface area contributed by atoms with Crippen LogP contribution >= 0.6 is 0 Å². The van der Waals surface area contributed by atoms with Gasteiger partial charge in [0.25, 0.3) is 0 Å². The Bertz CT molecular complexity index is 153. The first-order valence-corrected chi connectivity index (χ1v) is 4.02. The molecule has 0 aliphatic heterocycles. The third kappa shape index (κ3) is 5.70. The highest BCUT2D eigenvalue weighted by atomic mass is 16.7. The van der Waals surface area contributed by atoms with Gasteiger partial charge in [0.15, 0.2) is 0 Å². The summed E-state index contributed by atoms with van der Waals surface area (Å²) in [6.07, 6.45) is 1.40. The van der Waals surface area contributed by atoms with Crippen LogP contribution in [0.1, 0.15) is 33.1 Å². The molecule has 0 bridgehead atoms. The van der Waals surface area contributed by atoms with Crippen LogP contribution in [-0.4, -0.2) is 18.7 Å². The molecule has 0 aromatic heterocycles. The summed E-state index contributed by atoms with van der Waals surface area (Å²) in [7, 11) is 0. The van der Waals surface area contributed by atoms with Gasteiger partial charge in [-0.2, -0.15) is 0 Å². The van der Waals surface area contributed by atoms with Gasteiger partial charge in [-0.3, -0.25) is 9.59 Å². The first kappa shape index (κ1) is 10.9. The van der Waals surface area contributed by atoms with Crippen molar-refractivity contribution in [3.63, 3.8) is 0 Å². The van der Waals surface area contributed by atoms with Crippen molar-refractivity contribution in [2.75, 3.05) is 6.79 Å². The highest BCUT2D eigenvalue weighted by Crippen LogP contribution is 1.92. The number of rotatable bonds is 5. The van der Waals surface area contributed by atoms with E-state index in [-0.39, 0.29) is 18.7 Å². The molecule has 0 amide bonds. The summed E-state index contributed by atoms with van der Waals surface area (Å²) in [4.78, 5) is 21.2. The van der Waals surface area contributed by atoms with Crippen LogP contribution < -0.4 is 0 Å². The second-order valence-corrected chi connectivity index (χ2v) is 2.25. The second kappa shape index (κ2) is 6.64. The van der Waals surface area contributed by atoms with E-state index in [0.717, 1.165) is 6.42 Å². The molecule has 0 saturated heterocycles. The Hall–Kier alpha value is -1.06. The SMILES string of the molecule is CCCC(=O)OCOC(=O)CC. The van der Waals surface area contributed by atoms with Crippen molar-refractivity contribution in [1.82, 2.24) is 0 Å². The van der Waals surface area contributed by atoms with Crippen molar-refractivity contribution in [2.24, 2.45) is 0 Å². The van der Waals surface area contributed by atoms with Crippen molar-refractivity contribution in [3.8, 4) is 0 Å². The maximum absolute atomic E-state index is 10.7. The number of carbonyl (C=O) groups excluding carboxylic acids is 2. The Balaban J connectivity index is 3.30. The van der Waals surface area contributed by atoms with Crippen molar-refractivity contribution in [3.05, 3.63) is 0 Å². The fourth-order valence-electron chi connectivity index (χ4n) is 0.539. The highest BCUT2D eigenvalue weighted by molar-refractivity contribution is 5.70. The summed E-state index contributed by atoms with van der Waals surface area (Å²) in [5.41, 5.74) is 0. The Morgan fingerprint density at radius 2 is 1.67 bits per heavy atom. The molecular formula is C8H14O4. The number of ether oxygens (including phenoxy) is 2. The van der Waals surface area contributed by atoms with Crippen molar-refractivity contribution < 1.29 is 19.1 Å². The average Bonchev–Trinajstić information content (AvgIpc) is 2.04. The molecule has 0 saturated carbocycles. The minimum absolute atomic E-state index is 0.258. The van der Waals surface area contributed by atoms with Gasteiger partial charge in [0.05, 0.1) is 0 Å². The van der Waals surface area contributed by atoms with E-state index in [2.05, 4.69) is 9.47 Å². The Labute approximate surface area is 71.8 Å². The van der Waals surface area contributed by atoms with E-state index in [1.165, 1.54) is 0 Å². The molecule has 12 heavy (non-hydrogen) atoms. The maximum atomic E-state index is 10.7. The van der Waals surface area contributed by atoms with E-state index in [0.29, 0.717) is 12.8 Å². The summed E-state index contributed by atoms with van der Waals surface area (Å²) in [6.45, 7) is 3.29. The molecule has 0 unspecified atom stereocenters. The van der Waals surface area contributed by atoms with Crippen LogP contribution in [0.3, 0.4) is 0 Å². The van der Waals surface area contributed by atoms with E-state index >= 15 is 0 Å². The quantitative estimate of drug-likeness (QED) is 0.464. The number of hydrogen-bond acceptors (Lipinski definition) is 4.